The first-order chi connectivity index (χ1) is 17.2. The van der Waals surface area contributed by atoms with E-state index in [4.69, 9.17) is 0 Å². The Labute approximate surface area is 209 Å². The number of aliphatic hydroxyl groups excluding tert-OH is 1. The summed E-state index contributed by atoms with van der Waals surface area (Å²) in [7, 11) is 0. The molecule has 0 saturated carbocycles. The maximum atomic E-state index is 13.3. The van der Waals surface area contributed by atoms with Crippen molar-refractivity contribution in [3.05, 3.63) is 36.0 Å². The van der Waals surface area contributed by atoms with Crippen LogP contribution in [0.15, 0.2) is 30.5 Å². The number of para-hydroxylation sites is 1. The van der Waals surface area contributed by atoms with Crippen LogP contribution in [0.1, 0.15) is 38.7 Å². The quantitative estimate of drug-likeness (QED) is 0.215. The van der Waals surface area contributed by atoms with Gasteiger partial charge in [0.1, 0.15) is 18.1 Å². The molecule has 0 aliphatic carbocycles. The normalized spacial score (nSPS) is 17.9. The molecule has 1 aliphatic heterocycles. The molecule has 3 amide bonds. The van der Waals surface area contributed by atoms with Crippen molar-refractivity contribution in [2.75, 3.05) is 13.2 Å². The molecule has 1 aliphatic rings. The molecule has 2 aromatic rings. The second-order valence-electron chi connectivity index (χ2n) is 9.55. The third kappa shape index (κ3) is 7.05. The number of benzene rings is 1. The van der Waals surface area contributed by atoms with E-state index < -0.39 is 48.6 Å². The predicted octanol–water partition coefficient (Wildman–Crippen LogP) is 0.0398. The number of aromatic amines is 1. The van der Waals surface area contributed by atoms with Crippen LogP contribution in [0.25, 0.3) is 10.9 Å². The molecule has 4 unspecified atom stereocenters. The van der Waals surface area contributed by atoms with Gasteiger partial charge in [-0.15, -0.1) is 0 Å². The van der Waals surface area contributed by atoms with Crippen molar-refractivity contribution in [3.63, 3.8) is 0 Å². The van der Waals surface area contributed by atoms with Crippen molar-refractivity contribution in [2.24, 2.45) is 5.92 Å². The number of carboxylic acid groups (broad SMARTS) is 1. The number of amides is 3. The molecule has 1 aromatic heterocycles. The molecule has 1 fully saturated rings. The molecular formula is C25H35N5O6. The van der Waals surface area contributed by atoms with Gasteiger partial charge in [-0.1, -0.05) is 32.0 Å². The van der Waals surface area contributed by atoms with Crippen LogP contribution in [0.3, 0.4) is 0 Å². The number of nitrogens with one attached hydrogen (secondary N) is 5. The zero-order valence-corrected chi connectivity index (χ0v) is 20.5. The Hall–Kier alpha value is -3.44. The van der Waals surface area contributed by atoms with Gasteiger partial charge in [0, 0.05) is 23.5 Å². The van der Waals surface area contributed by atoms with Crippen molar-refractivity contribution in [3.8, 4) is 0 Å². The highest BCUT2D eigenvalue weighted by Crippen LogP contribution is 2.19. The van der Waals surface area contributed by atoms with Crippen molar-refractivity contribution in [1.82, 2.24) is 26.3 Å². The topological polar surface area (TPSA) is 173 Å². The summed E-state index contributed by atoms with van der Waals surface area (Å²) in [6, 6.07) is 3.60. The second-order valence-corrected chi connectivity index (χ2v) is 9.55. The van der Waals surface area contributed by atoms with Crippen molar-refractivity contribution in [2.45, 2.75) is 63.7 Å². The van der Waals surface area contributed by atoms with Crippen LogP contribution in [0.4, 0.5) is 0 Å². The highest BCUT2D eigenvalue weighted by Gasteiger charge is 2.32. The predicted molar refractivity (Wildman–Crippen MR) is 133 cm³/mol. The summed E-state index contributed by atoms with van der Waals surface area (Å²) >= 11 is 0. The molecule has 196 valence electrons. The van der Waals surface area contributed by atoms with Crippen LogP contribution in [0.5, 0.6) is 0 Å². The van der Waals surface area contributed by atoms with E-state index in [1.807, 2.05) is 38.1 Å². The molecule has 0 bridgehead atoms. The number of H-pyrrole nitrogens is 1. The lowest BCUT2D eigenvalue weighted by Crippen LogP contribution is -2.58. The van der Waals surface area contributed by atoms with Gasteiger partial charge in [-0.3, -0.25) is 14.4 Å². The lowest BCUT2D eigenvalue weighted by Gasteiger charge is -2.24. The van der Waals surface area contributed by atoms with Crippen LogP contribution in [0.2, 0.25) is 0 Å². The Balaban J connectivity index is 1.75. The third-order valence-corrected chi connectivity index (χ3v) is 6.25. The van der Waals surface area contributed by atoms with E-state index in [1.54, 1.807) is 6.20 Å². The average Bonchev–Trinajstić information content (AvgIpc) is 3.52. The SMILES string of the molecule is CC(C)CC(NC(=O)C(CO)NC(=O)C(Cc1c[nH]c2ccccc12)NC(=O)C1CCCN1)C(=O)O. The van der Waals surface area contributed by atoms with Crippen molar-refractivity contribution >= 4 is 34.6 Å². The number of carbonyl (C=O) groups excluding carboxylic acids is 3. The number of aliphatic hydroxyl groups is 1. The first-order valence-electron chi connectivity index (χ1n) is 12.2. The maximum Gasteiger partial charge on any atom is 0.326 e. The van der Waals surface area contributed by atoms with Crippen LogP contribution < -0.4 is 21.3 Å². The largest absolute Gasteiger partial charge is 0.480 e. The van der Waals surface area contributed by atoms with Gasteiger partial charge in [-0.05, 0) is 43.4 Å². The smallest absolute Gasteiger partial charge is 0.326 e. The Morgan fingerprint density at radius 1 is 1.03 bits per heavy atom. The fraction of sp³-hybridized carbons (Fsp3) is 0.520. The summed E-state index contributed by atoms with van der Waals surface area (Å²) < 4.78 is 0. The first-order valence-corrected chi connectivity index (χ1v) is 12.2. The minimum Gasteiger partial charge on any atom is -0.480 e. The van der Waals surface area contributed by atoms with Gasteiger partial charge >= 0.3 is 5.97 Å². The minimum atomic E-state index is -1.38. The zero-order chi connectivity index (χ0) is 26.2. The summed E-state index contributed by atoms with van der Waals surface area (Å²) in [5.41, 5.74) is 1.69. The van der Waals surface area contributed by atoms with Gasteiger partial charge in [0.25, 0.3) is 0 Å². The van der Waals surface area contributed by atoms with Crippen molar-refractivity contribution < 1.29 is 29.4 Å². The highest BCUT2D eigenvalue weighted by atomic mass is 16.4. The van der Waals surface area contributed by atoms with Crippen molar-refractivity contribution in [1.29, 1.82) is 0 Å². The van der Waals surface area contributed by atoms with Gasteiger partial charge in [-0.25, -0.2) is 4.79 Å². The fourth-order valence-corrected chi connectivity index (χ4v) is 4.34. The maximum absolute atomic E-state index is 13.3. The summed E-state index contributed by atoms with van der Waals surface area (Å²) in [6.45, 7) is 3.63. The molecule has 0 radical (unpaired) electrons. The monoisotopic (exact) mass is 501 g/mol. The highest BCUT2D eigenvalue weighted by molar-refractivity contribution is 5.95. The number of rotatable bonds is 12. The lowest BCUT2D eigenvalue weighted by molar-refractivity contribution is -0.143. The number of aromatic nitrogens is 1. The fourth-order valence-electron chi connectivity index (χ4n) is 4.34. The Kier molecular flexibility index (Phi) is 9.43. The summed E-state index contributed by atoms with van der Waals surface area (Å²) in [6.07, 6.45) is 3.62. The number of hydrogen-bond acceptors (Lipinski definition) is 6. The third-order valence-electron chi connectivity index (χ3n) is 6.25. The first kappa shape index (κ1) is 27.2. The van der Waals surface area contributed by atoms with E-state index in [1.165, 1.54) is 0 Å². The summed E-state index contributed by atoms with van der Waals surface area (Å²) in [5, 5.41) is 30.8. The Morgan fingerprint density at radius 2 is 1.72 bits per heavy atom. The standard InChI is InChI=1S/C25H35N5O6/c1-14(2)10-20(25(35)36)29-24(34)21(13-31)30-23(33)19(28-22(32)18-8-5-9-26-18)11-15-12-27-17-7-4-3-6-16(15)17/h3-4,6-7,12,14,18-21,26-27,31H,5,8-11,13H2,1-2H3,(H,28,32)(H,29,34)(H,30,33)(H,35,36). The number of carbonyl (C=O) groups is 4. The molecular weight excluding hydrogens is 466 g/mol. The minimum absolute atomic E-state index is 0.00790. The molecule has 36 heavy (non-hydrogen) atoms. The van der Waals surface area contributed by atoms with Gasteiger partial charge < -0.3 is 36.5 Å². The summed E-state index contributed by atoms with van der Waals surface area (Å²) in [5.74, 6) is -2.98. The van der Waals surface area contributed by atoms with Crippen LogP contribution in [-0.4, -0.2) is 76.2 Å². The molecule has 11 heteroatoms. The van der Waals surface area contributed by atoms with E-state index in [9.17, 15) is 29.4 Å². The molecule has 1 aromatic carbocycles. The van der Waals surface area contributed by atoms with E-state index in [0.29, 0.717) is 13.0 Å². The van der Waals surface area contributed by atoms with Crippen LogP contribution >= 0.6 is 0 Å². The zero-order valence-electron chi connectivity index (χ0n) is 20.5. The van der Waals surface area contributed by atoms with Gasteiger partial charge in [0.15, 0.2) is 0 Å². The molecule has 7 N–H and O–H groups in total. The second kappa shape index (κ2) is 12.5. The van der Waals surface area contributed by atoms with E-state index in [2.05, 4.69) is 26.3 Å². The van der Waals surface area contributed by atoms with Crippen LogP contribution in [0, 0.1) is 5.92 Å². The molecule has 2 heterocycles. The Morgan fingerprint density at radius 3 is 2.36 bits per heavy atom. The number of carboxylic acids is 1. The average molecular weight is 502 g/mol. The van der Waals surface area contributed by atoms with E-state index in [-0.39, 0.29) is 24.7 Å². The molecule has 0 spiro atoms. The van der Waals surface area contributed by atoms with Gasteiger partial charge in [0.2, 0.25) is 17.7 Å². The van der Waals surface area contributed by atoms with E-state index >= 15 is 0 Å². The van der Waals surface area contributed by atoms with Gasteiger partial charge in [-0.2, -0.15) is 0 Å². The molecule has 3 rings (SSSR count). The summed E-state index contributed by atoms with van der Waals surface area (Å²) in [4.78, 5) is 53.4. The lowest BCUT2D eigenvalue weighted by atomic mass is 10.0. The van der Waals surface area contributed by atoms with Crippen LogP contribution in [-0.2, 0) is 25.6 Å². The van der Waals surface area contributed by atoms with Gasteiger partial charge in [0.05, 0.1) is 12.6 Å². The van der Waals surface area contributed by atoms with E-state index in [0.717, 1.165) is 22.9 Å². The Bertz CT molecular complexity index is 1080. The number of aliphatic carboxylic acids is 1. The number of hydrogen-bond donors (Lipinski definition) is 7. The molecule has 4 atom stereocenters. The molecule has 1 saturated heterocycles. The molecule has 11 nitrogen and oxygen atoms in total. The number of fused-ring (bicyclic) bond motifs is 1.